The molecule has 0 unspecified atom stereocenters. The maximum atomic E-state index is 10.7. The van der Waals surface area contributed by atoms with Gasteiger partial charge in [0.2, 0.25) is 0 Å². The van der Waals surface area contributed by atoms with Gasteiger partial charge in [0.1, 0.15) is 30.5 Å². The molecule has 2 aliphatic heterocycles. The molecule has 3 fully saturated rings. The normalized spacial score (nSPS) is 52.5. The van der Waals surface area contributed by atoms with Crippen LogP contribution < -0.4 is 17.2 Å². The molecule has 0 spiro atoms. The van der Waals surface area contributed by atoms with Crippen LogP contribution in [0, 0.1) is 0 Å². The molecule has 1 saturated carbocycles. The highest BCUT2D eigenvalue weighted by Gasteiger charge is 2.51. The molecule has 0 aromatic carbocycles. The van der Waals surface area contributed by atoms with E-state index in [0.29, 0.717) is 19.3 Å². The van der Waals surface area contributed by atoms with E-state index < -0.39 is 80.1 Å². The number of hydrogen-bond acceptors (Lipinski definition) is 12. The quantitative estimate of drug-likeness (QED) is 0.199. The minimum atomic E-state index is -1.34. The third-order valence-corrected chi connectivity index (χ3v) is 6.15. The van der Waals surface area contributed by atoms with Crippen molar-refractivity contribution in [3.8, 4) is 0 Å². The standard InChI is InChI=1S/C18H35N3O9/c1-2-8-13(24)14(25)11(21)17(27-8)30-16-10(5-22)29-18(15(16)26)28-9-4-6(19)3-7(20)12(9)23/h6-18,22-26H,2-5,19-21H2,1H3/t6-,7+,8-,9-,10+,11+,12-,13+,14+,15+,16+,17+,18+/m0/s1. The van der Waals surface area contributed by atoms with Gasteiger partial charge in [0.25, 0.3) is 0 Å². The van der Waals surface area contributed by atoms with E-state index in [9.17, 15) is 25.5 Å². The number of ether oxygens (including phenoxy) is 4. The molecule has 0 aromatic heterocycles. The lowest BCUT2D eigenvalue weighted by atomic mass is 9.87. The van der Waals surface area contributed by atoms with E-state index in [0.717, 1.165) is 0 Å². The largest absolute Gasteiger partial charge is 0.394 e. The Morgan fingerprint density at radius 1 is 0.833 bits per heavy atom. The number of nitrogens with two attached hydrogens (primary N) is 3. The fraction of sp³-hybridized carbons (Fsp3) is 1.00. The van der Waals surface area contributed by atoms with E-state index in [4.69, 9.17) is 36.1 Å². The average Bonchev–Trinajstić information content (AvgIpc) is 3.00. The summed E-state index contributed by atoms with van der Waals surface area (Å²) in [5.74, 6) is 0. The molecule has 0 radical (unpaired) electrons. The second-order valence-corrected chi connectivity index (χ2v) is 8.39. The monoisotopic (exact) mass is 437 g/mol. The highest BCUT2D eigenvalue weighted by molar-refractivity contribution is 4.96. The van der Waals surface area contributed by atoms with Crippen LogP contribution in [-0.4, -0.2) is 112 Å². The first kappa shape index (κ1) is 24.2. The van der Waals surface area contributed by atoms with Crippen LogP contribution in [-0.2, 0) is 18.9 Å². The van der Waals surface area contributed by atoms with Crippen molar-refractivity contribution in [3.63, 3.8) is 0 Å². The van der Waals surface area contributed by atoms with E-state index in [2.05, 4.69) is 0 Å². The second-order valence-electron chi connectivity index (χ2n) is 8.39. The Balaban J connectivity index is 1.67. The van der Waals surface area contributed by atoms with Gasteiger partial charge in [-0.05, 0) is 19.3 Å². The van der Waals surface area contributed by atoms with Gasteiger partial charge in [0, 0.05) is 12.1 Å². The van der Waals surface area contributed by atoms with Crippen LogP contribution in [0.25, 0.3) is 0 Å². The second kappa shape index (κ2) is 9.98. The number of aliphatic hydroxyl groups excluding tert-OH is 5. The van der Waals surface area contributed by atoms with E-state index >= 15 is 0 Å². The van der Waals surface area contributed by atoms with Gasteiger partial charge in [-0.3, -0.25) is 0 Å². The van der Waals surface area contributed by atoms with Crippen LogP contribution in [0.3, 0.4) is 0 Å². The summed E-state index contributed by atoms with van der Waals surface area (Å²) in [6.45, 7) is 1.28. The lowest BCUT2D eigenvalue weighted by Gasteiger charge is -2.42. The zero-order valence-corrected chi connectivity index (χ0v) is 16.9. The molecule has 2 heterocycles. The molecule has 12 heteroatoms. The molecule has 0 bridgehead atoms. The Morgan fingerprint density at radius 2 is 1.50 bits per heavy atom. The van der Waals surface area contributed by atoms with Crippen molar-refractivity contribution in [1.29, 1.82) is 0 Å². The van der Waals surface area contributed by atoms with Crippen molar-refractivity contribution in [1.82, 2.24) is 0 Å². The summed E-state index contributed by atoms with van der Waals surface area (Å²) >= 11 is 0. The topological polar surface area (TPSA) is 216 Å². The average molecular weight is 437 g/mol. The Morgan fingerprint density at radius 3 is 2.13 bits per heavy atom. The van der Waals surface area contributed by atoms with Gasteiger partial charge in [-0.1, -0.05) is 6.92 Å². The van der Waals surface area contributed by atoms with E-state index in [1.54, 1.807) is 6.92 Å². The van der Waals surface area contributed by atoms with Gasteiger partial charge in [-0.15, -0.1) is 0 Å². The zero-order chi connectivity index (χ0) is 22.2. The van der Waals surface area contributed by atoms with Gasteiger partial charge in [-0.2, -0.15) is 0 Å². The first-order valence-electron chi connectivity index (χ1n) is 10.4. The summed E-state index contributed by atoms with van der Waals surface area (Å²) in [6.07, 6.45) is -9.45. The summed E-state index contributed by atoms with van der Waals surface area (Å²) in [4.78, 5) is 0. The summed E-state index contributed by atoms with van der Waals surface area (Å²) < 4.78 is 22.7. The molecule has 176 valence electrons. The Kier molecular flexibility index (Phi) is 8.04. The molecule has 30 heavy (non-hydrogen) atoms. The molecular weight excluding hydrogens is 402 g/mol. The molecule has 11 N–H and O–H groups in total. The highest BCUT2D eigenvalue weighted by Crippen LogP contribution is 2.32. The molecule has 12 nitrogen and oxygen atoms in total. The molecular formula is C18H35N3O9. The smallest absolute Gasteiger partial charge is 0.187 e. The third kappa shape index (κ3) is 4.80. The lowest BCUT2D eigenvalue weighted by molar-refractivity contribution is -0.282. The van der Waals surface area contributed by atoms with Crippen LogP contribution in [0.4, 0.5) is 0 Å². The first-order valence-corrected chi connectivity index (χ1v) is 10.4. The molecule has 2 saturated heterocycles. The van der Waals surface area contributed by atoms with Crippen LogP contribution in [0.1, 0.15) is 26.2 Å². The highest BCUT2D eigenvalue weighted by atomic mass is 16.7. The Hall–Kier alpha value is -0.480. The first-order chi connectivity index (χ1) is 14.2. The van der Waals surface area contributed by atoms with Crippen LogP contribution >= 0.6 is 0 Å². The predicted molar refractivity (Wildman–Crippen MR) is 102 cm³/mol. The third-order valence-electron chi connectivity index (χ3n) is 6.15. The van der Waals surface area contributed by atoms with Crippen LogP contribution in [0.5, 0.6) is 0 Å². The molecule has 0 amide bonds. The van der Waals surface area contributed by atoms with Gasteiger partial charge in [-0.25, -0.2) is 0 Å². The molecule has 0 aromatic rings. The van der Waals surface area contributed by atoms with E-state index in [-0.39, 0.29) is 6.04 Å². The van der Waals surface area contributed by atoms with Crippen molar-refractivity contribution in [3.05, 3.63) is 0 Å². The minimum absolute atomic E-state index is 0.264. The van der Waals surface area contributed by atoms with Crippen LogP contribution in [0.2, 0.25) is 0 Å². The fourth-order valence-electron chi connectivity index (χ4n) is 4.31. The van der Waals surface area contributed by atoms with Gasteiger partial charge < -0.3 is 61.7 Å². The summed E-state index contributed by atoms with van der Waals surface area (Å²) in [5.41, 5.74) is 17.8. The predicted octanol–water partition coefficient (Wildman–Crippen LogP) is -4.17. The maximum absolute atomic E-state index is 10.7. The van der Waals surface area contributed by atoms with Gasteiger partial charge >= 0.3 is 0 Å². The van der Waals surface area contributed by atoms with Crippen molar-refractivity contribution in [2.75, 3.05) is 6.61 Å². The van der Waals surface area contributed by atoms with Gasteiger partial charge in [0.15, 0.2) is 12.6 Å². The van der Waals surface area contributed by atoms with Gasteiger partial charge in [0.05, 0.1) is 31.0 Å². The summed E-state index contributed by atoms with van der Waals surface area (Å²) in [7, 11) is 0. The van der Waals surface area contributed by atoms with Crippen LogP contribution in [0.15, 0.2) is 0 Å². The van der Waals surface area contributed by atoms with Crippen molar-refractivity contribution in [2.24, 2.45) is 17.2 Å². The number of aliphatic hydroxyl groups is 5. The number of hydrogen-bond donors (Lipinski definition) is 8. The zero-order valence-electron chi connectivity index (χ0n) is 16.9. The molecule has 3 rings (SSSR count). The van der Waals surface area contributed by atoms with Crippen molar-refractivity contribution >= 4 is 0 Å². The van der Waals surface area contributed by atoms with E-state index in [1.807, 2.05) is 0 Å². The molecule has 1 aliphatic carbocycles. The summed E-state index contributed by atoms with van der Waals surface area (Å²) in [5, 5.41) is 50.9. The maximum Gasteiger partial charge on any atom is 0.187 e. The fourth-order valence-corrected chi connectivity index (χ4v) is 4.31. The molecule has 13 atom stereocenters. The lowest BCUT2D eigenvalue weighted by Crippen LogP contribution is -2.63. The SMILES string of the molecule is CC[C@@H]1O[C@H](O[C@H]2[C@@H](O)[C@H](O[C@H]3C[C@@H](N)C[C@@H](N)[C@@H]3O)O[C@@H]2CO)[C@H](N)[C@@H](O)[C@@H]1O. The van der Waals surface area contributed by atoms with E-state index in [1.165, 1.54) is 0 Å². The molecule has 3 aliphatic rings. The Labute approximate surface area is 174 Å². The van der Waals surface area contributed by atoms with Crippen molar-refractivity contribution in [2.45, 2.75) is 106 Å². The minimum Gasteiger partial charge on any atom is -0.394 e. The number of rotatable bonds is 6. The van der Waals surface area contributed by atoms with Crippen molar-refractivity contribution < 1.29 is 44.5 Å². The summed E-state index contributed by atoms with van der Waals surface area (Å²) in [6, 6.07) is -1.91. The Bertz CT molecular complexity index is 559.